The predicted molar refractivity (Wildman–Crippen MR) is 426 cm³/mol. The van der Waals surface area contributed by atoms with Gasteiger partial charge in [-0.1, -0.05) is 87.5 Å². The number of aliphatic carboxylic acids is 3. The van der Waals surface area contributed by atoms with E-state index in [-0.39, 0.29) is 127 Å². The number of hydrogen-bond acceptors (Lipinski definition) is 27. The van der Waals surface area contributed by atoms with Crippen LogP contribution in [0.5, 0.6) is 5.75 Å². The molecule has 0 unspecified atom stereocenters. The van der Waals surface area contributed by atoms with Crippen LogP contribution in [0.25, 0.3) is 16.6 Å². The van der Waals surface area contributed by atoms with E-state index in [4.69, 9.17) is 15.6 Å². The zero-order valence-electron chi connectivity index (χ0n) is 65.6. The summed E-state index contributed by atoms with van der Waals surface area (Å²) in [5, 5.41) is 102. The third-order valence-corrected chi connectivity index (χ3v) is 21.4. The monoisotopic (exact) mass is 1720 g/mol. The summed E-state index contributed by atoms with van der Waals surface area (Å²) in [5.41, 5.74) is 6.97. The molecule has 2 aliphatic heterocycles. The van der Waals surface area contributed by atoms with Gasteiger partial charge in [-0.05, 0) is 80.4 Å². The van der Waals surface area contributed by atoms with Gasteiger partial charge in [-0.2, -0.15) is 17.9 Å². The molecular formula is C74H99F3N20O21S2. The molecule has 0 bridgehead atoms. The molecule has 10 atom stereocenters. The number of aliphatic hydroxyl groups excluding tert-OH is 3. The second-order valence-electron chi connectivity index (χ2n) is 28.3. The summed E-state index contributed by atoms with van der Waals surface area (Å²) in [7, 11) is 3.14. The molecule has 0 radical (unpaired) electrons. The first-order valence-electron chi connectivity index (χ1n) is 38.0. The van der Waals surface area contributed by atoms with Crippen molar-refractivity contribution >= 4 is 115 Å². The minimum absolute atomic E-state index is 0.00909. The van der Waals surface area contributed by atoms with Crippen molar-refractivity contribution in [3.63, 3.8) is 0 Å². The Balaban J connectivity index is 0.00000271. The number of aromatic nitrogens is 6. The first-order chi connectivity index (χ1) is 57.0. The van der Waals surface area contributed by atoms with Crippen LogP contribution in [0.4, 0.5) is 13.2 Å². The number of aliphatic hydroxyl groups is 3. The number of carboxylic acids is 3. The number of para-hydroxylation sites is 1. The van der Waals surface area contributed by atoms with Crippen molar-refractivity contribution in [3.8, 4) is 5.75 Å². The lowest BCUT2D eigenvalue weighted by molar-refractivity contribution is -0.192. The van der Waals surface area contributed by atoms with Crippen LogP contribution in [0.2, 0.25) is 0 Å². The van der Waals surface area contributed by atoms with Crippen LogP contribution in [0.1, 0.15) is 66.8 Å². The third kappa shape index (κ3) is 30.4. The molecule has 46 heteroatoms. The molecule has 0 aliphatic carbocycles. The van der Waals surface area contributed by atoms with Gasteiger partial charge >= 0.3 is 29.8 Å². The van der Waals surface area contributed by atoms with E-state index in [9.17, 15) is 91.8 Å². The Morgan fingerprint density at radius 2 is 1.25 bits per heavy atom. The smallest absolute Gasteiger partial charge is 0.490 e. The van der Waals surface area contributed by atoms with Gasteiger partial charge < -0.3 is 99.2 Å². The molecule has 5 heterocycles. The summed E-state index contributed by atoms with van der Waals surface area (Å²) in [6.45, 7) is 0.0977. The lowest BCUT2D eigenvalue weighted by Gasteiger charge is -2.33. The summed E-state index contributed by atoms with van der Waals surface area (Å²) in [6.07, 6.45) is -7.35. The molecule has 3 aromatic heterocycles. The van der Waals surface area contributed by atoms with E-state index in [0.717, 1.165) is 42.4 Å². The normalized spacial score (nSPS) is 20.1. The van der Waals surface area contributed by atoms with Gasteiger partial charge in [0, 0.05) is 114 Å². The fourth-order valence-electron chi connectivity index (χ4n) is 12.4. The maximum Gasteiger partial charge on any atom is 0.490 e. The summed E-state index contributed by atoms with van der Waals surface area (Å²) in [5.74, 6) is -14.8. The highest BCUT2D eigenvalue weighted by Gasteiger charge is 2.40. The summed E-state index contributed by atoms with van der Waals surface area (Å²) in [4.78, 5) is 205. The van der Waals surface area contributed by atoms with E-state index in [0.29, 0.717) is 28.8 Å². The quantitative estimate of drug-likeness (QED) is 0.0163. The van der Waals surface area contributed by atoms with Crippen LogP contribution in [-0.2, 0) is 83.8 Å². The van der Waals surface area contributed by atoms with E-state index in [1.165, 1.54) is 59.9 Å². The molecule has 10 amide bonds. The number of H-pyrrole nitrogens is 1. The number of amides is 10. The number of imidazole rings is 1. The average molecular weight is 1730 g/mol. The van der Waals surface area contributed by atoms with E-state index in [1.807, 2.05) is 6.07 Å². The zero-order chi connectivity index (χ0) is 87.9. The number of rotatable bonds is 28. The number of nitrogens with zero attached hydrogens (tertiary/aromatic N) is 9. The molecule has 0 saturated carbocycles. The Morgan fingerprint density at radius 3 is 1.84 bits per heavy atom. The molecule has 2 fully saturated rings. The van der Waals surface area contributed by atoms with Crippen LogP contribution in [-0.4, -0.2) is 332 Å². The third-order valence-electron chi connectivity index (χ3n) is 19.0. The number of benzene rings is 3. The molecule has 654 valence electrons. The van der Waals surface area contributed by atoms with E-state index >= 15 is 14.4 Å². The zero-order valence-corrected chi connectivity index (χ0v) is 67.2. The van der Waals surface area contributed by atoms with Gasteiger partial charge in [0.1, 0.15) is 54.4 Å². The van der Waals surface area contributed by atoms with Crippen LogP contribution in [0.3, 0.4) is 0 Å². The van der Waals surface area contributed by atoms with E-state index in [1.54, 1.807) is 59.5 Å². The molecule has 2 aliphatic rings. The highest BCUT2D eigenvalue weighted by Crippen LogP contribution is 2.25. The fraction of sp³-hybridized carbons (Fsp3) is 0.500. The number of carboxylic acid groups (broad SMARTS) is 3. The number of carbonyl (C=O) groups excluding carboxylic acids is 10. The number of carbonyl (C=O) groups is 13. The number of halogens is 3. The maximum atomic E-state index is 15.4. The van der Waals surface area contributed by atoms with Crippen molar-refractivity contribution in [1.82, 2.24) is 96.8 Å². The standard InChI is InChI=1S/C72H98N20O19S2.C2HF3O2/c1-42(94)54(38-93)81-69(108)56-40-113-112-39-55(68(107)79-52(32-45-16-18-48(96)19-17-45)66(105)80-53(34-47-33-46-13-7-8-14-49(46)76-47)67(106)78-50(15-9-10-21-73)64(103)84-61(43(2)95)71(110)83-56)82-65(104)51(31-44-11-5-4-6-12-44)77-57(97)35-88-23-25-89(36-59(99)100)27-29-91(30-28-90(26-24-88)37-60(101)102)58(98)20-22-74-70(109)62-63-85-86-87(3)72(111)92(63)41-75-62;3-2(4,5)1(6)7/h4-8,11-14,16-19,33,41-43,50-56,61,76,93-96H,9-10,15,20-32,34-40,73H2,1-3H3,(H,74,109)(H,77,97)(H,78,106)(H,79,107)(H,80,105)(H,81,108)(H,82,104)(H,83,110)(H,84,103)(H,99,100)(H,101,102);(H,6,7)/t42-,43-,50+,51-,52+,53-,54-,55+,56+,61+;/m1./s1. The van der Waals surface area contributed by atoms with Crippen molar-refractivity contribution in [2.24, 2.45) is 12.8 Å². The number of hydrogen-bond donors (Lipinski definition) is 18. The van der Waals surface area contributed by atoms with Crippen LogP contribution in [0.15, 0.2) is 96.1 Å². The lowest BCUT2D eigenvalue weighted by atomic mass is 10.0. The van der Waals surface area contributed by atoms with Crippen LogP contribution >= 0.6 is 21.6 Å². The fourth-order valence-corrected chi connectivity index (χ4v) is 14.8. The first-order valence-corrected chi connectivity index (χ1v) is 40.5. The Labute approximate surface area is 691 Å². The van der Waals surface area contributed by atoms with E-state index < -0.39 is 181 Å². The van der Waals surface area contributed by atoms with Crippen molar-refractivity contribution in [2.45, 2.75) is 126 Å². The Morgan fingerprint density at radius 1 is 0.675 bits per heavy atom. The Bertz CT molecular complexity index is 4520. The second-order valence-corrected chi connectivity index (χ2v) is 30.8. The topological polar surface area (TPSA) is 592 Å². The molecule has 2 saturated heterocycles. The SMILES string of the molecule is C[C@@H](O)[C@@H]1NC(=O)[C@H](CCCCN)NC(=O)[C@@H](Cc2cc3ccccc3[nH]2)NC(=O)[C@H](Cc2ccc(O)cc2)NC(=O)[C@@H](NC(=O)[C@@H](Cc2ccccc2)NC(=O)CN2CCN(CC(=O)O)CCN(C(=O)CCNC(=O)c3ncn4c(=O)n(C)nnc34)CCN(CC(=O)O)CC2)CSSC[C@@H](C(=O)N[C@H](CO)[C@@H](C)O)NC1=O.O=C(O)C(F)(F)F. The maximum absolute atomic E-state index is 15.4. The van der Waals surface area contributed by atoms with Crippen molar-refractivity contribution < 1.29 is 111 Å². The molecule has 3 aromatic carbocycles. The average Bonchev–Trinajstić information content (AvgIpc) is 1.66. The summed E-state index contributed by atoms with van der Waals surface area (Å²) in [6, 6.07) is 10.7. The molecule has 120 heavy (non-hydrogen) atoms. The predicted octanol–water partition coefficient (Wildman–Crippen LogP) is -4.44. The number of aromatic hydroxyl groups is 1. The number of nitrogens with two attached hydrogens (primary N) is 1. The largest absolute Gasteiger partial charge is 0.508 e. The number of aromatic amines is 1. The number of aryl methyl sites for hydroxylation is 1. The van der Waals surface area contributed by atoms with Crippen LogP contribution in [0, 0.1) is 0 Å². The van der Waals surface area contributed by atoms with Gasteiger partial charge in [0.05, 0.1) is 44.5 Å². The van der Waals surface area contributed by atoms with Crippen molar-refractivity contribution in [1.29, 1.82) is 0 Å². The minimum Gasteiger partial charge on any atom is -0.508 e. The van der Waals surface area contributed by atoms with Gasteiger partial charge in [-0.15, -0.1) is 5.10 Å². The summed E-state index contributed by atoms with van der Waals surface area (Å²) < 4.78 is 33.7. The summed E-state index contributed by atoms with van der Waals surface area (Å²) >= 11 is 0. The number of fused-ring (bicyclic) bond motifs is 2. The highest BCUT2D eigenvalue weighted by molar-refractivity contribution is 8.76. The molecule has 8 rings (SSSR count). The van der Waals surface area contributed by atoms with Crippen molar-refractivity contribution in [3.05, 3.63) is 124 Å². The van der Waals surface area contributed by atoms with Gasteiger partial charge in [-0.25, -0.2) is 19.0 Å². The number of phenolic OH excluding ortho intramolecular Hbond substituents is 1. The number of phenols is 1. The second kappa shape index (κ2) is 46.8. The highest BCUT2D eigenvalue weighted by atomic mass is 33.1. The molecule has 41 nitrogen and oxygen atoms in total. The van der Waals surface area contributed by atoms with E-state index in [2.05, 4.69) is 68.1 Å². The first kappa shape index (κ1) is 95.7. The van der Waals surface area contributed by atoms with Gasteiger partial charge in [0.2, 0.25) is 53.2 Å². The number of alkyl halides is 3. The Kier molecular flexibility index (Phi) is 37.4. The van der Waals surface area contributed by atoms with Gasteiger partial charge in [0.15, 0.2) is 11.3 Å². The molecular weight excluding hydrogens is 1630 g/mol. The van der Waals surface area contributed by atoms with Crippen LogP contribution < -0.4 is 59.3 Å². The minimum atomic E-state index is -5.08. The number of nitrogens with one attached hydrogen (secondary N) is 10. The molecule has 6 aromatic rings. The Hall–Kier alpha value is -11.4. The van der Waals surface area contributed by atoms with Crippen molar-refractivity contribution in [2.75, 3.05) is 103 Å². The number of unbranched alkanes of at least 4 members (excludes halogenated alkanes) is 1. The van der Waals surface area contributed by atoms with Gasteiger partial charge in [0.25, 0.3) is 5.91 Å². The van der Waals surface area contributed by atoms with Gasteiger partial charge in [-0.3, -0.25) is 72.2 Å². The molecule has 19 N–H and O–H groups in total. The molecule has 0 spiro atoms. The lowest BCUT2D eigenvalue weighted by Crippen LogP contribution is -2.62.